The van der Waals surface area contributed by atoms with Gasteiger partial charge in [0.25, 0.3) is 0 Å². The Hall–Kier alpha value is -0.940. The normalized spacial score (nSPS) is 15.0. The standard InChI is InChI=1S/C8H16N2O3/c1-5(2-6(11)4-9)3-7(10)8(12)13/h5,7H,2-4,9-10H2,1H3,(H,12,13)/t5?,7-/m1/s1. The van der Waals surface area contributed by atoms with Crippen LogP contribution in [0.3, 0.4) is 0 Å². The van der Waals surface area contributed by atoms with Gasteiger partial charge in [-0.05, 0) is 12.3 Å². The molecule has 0 aliphatic carbocycles. The molecule has 76 valence electrons. The van der Waals surface area contributed by atoms with Crippen LogP contribution in [0.25, 0.3) is 0 Å². The van der Waals surface area contributed by atoms with Crippen LogP contribution in [0.15, 0.2) is 0 Å². The van der Waals surface area contributed by atoms with Gasteiger partial charge in [-0.25, -0.2) is 0 Å². The Morgan fingerprint density at radius 1 is 1.46 bits per heavy atom. The second-order valence-electron chi connectivity index (χ2n) is 3.23. The van der Waals surface area contributed by atoms with Gasteiger partial charge in [0.1, 0.15) is 11.8 Å². The molecule has 5 nitrogen and oxygen atoms in total. The molecule has 13 heavy (non-hydrogen) atoms. The van der Waals surface area contributed by atoms with Crippen molar-refractivity contribution in [2.24, 2.45) is 17.4 Å². The first-order chi connectivity index (χ1) is 5.97. The maximum absolute atomic E-state index is 10.9. The van der Waals surface area contributed by atoms with E-state index in [9.17, 15) is 9.59 Å². The predicted molar refractivity (Wildman–Crippen MR) is 48.1 cm³/mol. The van der Waals surface area contributed by atoms with E-state index >= 15 is 0 Å². The largest absolute Gasteiger partial charge is 0.480 e. The fourth-order valence-corrected chi connectivity index (χ4v) is 1.09. The highest BCUT2D eigenvalue weighted by molar-refractivity contribution is 5.80. The van der Waals surface area contributed by atoms with Crippen molar-refractivity contribution >= 4 is 11.8 Å². The Morgan fingerprint density at radius 3 is 2.38 bits per heavy atom. The van der Waals surface area contributed by atoms with Crippen molar-refractivity contribution in [2.75, 3.05) is 6.54 Å². The summed E-state index contributed by atoms with van der Waals surface area (Å²) < 4.78 is 0. The van der Waals surface area contributed by atoms with Crippen molar-refractivity contribution in [1.82, 2.24) is 0 Å². The van der Waals surface area contributed by atoms with E-state index in [1.54, 1.807) is 6.92 Å². The van der Waals surface area contributed by atoms with Crippen molar-refractivity contribution < 1.29 is 14.7 Å². The molecule has 2 atom stereocenters. The molecule has 0 saturated carbocycles. The van der Waals surface area contributed by atoms with Crippen LogP contribution in [0, 0.1) is 5.92 Å². The Kier molecular flexibility index (Phi) is 5.25. The number of aliphatic carboxylic acids is 1. The minimum Gasteiger partial charge on any atom is -0.480 e. The topological polar surface area (TPSA) is 106 Å². The third kappa shape index (κ3) is 5.32. The zero-order valence-electron chi connectivity index (χ0n) is 7.69. The lowest BCUT2D eigenvalue weighted by Crippen LogP contribution is -2.32. The number of ketones is 1. The first-order valence-electron chi connectivity index (χ1n) is 4.17. The molecule has 5 N–H and O–H groups in total. The van der Waals surface area contributed by atoms with Gasteiger partial charge in [-0.2, -0.15) is 0 Å². The number of carbonyl (C=O) groups excluding carboxylic acids is 1. The summed E-state index contributed by atoms with van der Waals surface area (Å²) in [7, 11) is 0. The van der Waals surface area contributed by atoms with Gasteiger partial charge in [0.2, 0.25) is 0 Å². The number of carboxylic acids is 1. The molecule has 1 unspecified atom stereocenters. The summed E-state index contributed by atoms with van der Waals surface area (Å²) >= 11 is 0. The molecule has 0 heterocycles. The maximum Gasteiger partial charge on any atom is 0.320 e. The highest BCUT2D eigenvalue weighted by atomic mass is 16.4. The molecule has 0 aromatic heterocycles. The van der Waals surface area contributed by atoms with Crippen molar-refractivity contribution in [1.29, 1.82) is 0 Å². The Bertz CT molecular complexity index is 194. The molecule has 0 saturated heterocycles. The summed E-state index contributed by atoms with van der Waals surface area (Å²) in [6.07, 6.45) is 0.610. The first-order valence-corrected chi connectivity index (χ1v) is 4.17. The van der Waals surface area contributed by atoms with Crippen LogP contribution in [-0.2, 0) is 9.59 Å². The van der Waals surface area contributed by atoms with Gasteiger partial charge in [0.05, 0.1) is 6.54 Å². The second kappa shape index (κ2) is 5.66. The molecule has 0 rings (SSSR count). The first kappa shape index (κ1) is 12.1. The number of nitrogens with two attached hydrogens (primary N) is 2. The van der Waals surface area contributed by atoms with Crippen LogP contribution < -0.4 is 11.5 Å². The number of carbonyl (C=O) groups is 2. The molecule has 0 fully saturated rings. The molecule has 0 amide bonds. The monoisotopic (exact) mass is 188 g/mol. The van der Waals surface area contributed by atoms with Crippen LogP contribution >= 0.6 is 0 Å². The van der Waals surface area contributed by atoms with Gasteiger partial charge in [-0.15, -0.1) is 0 Å². The van der Waals surface area contributed by atoms with Crippen molar-refractivity contribution in [3.63, 3.8) is 0 Å². The molecule has 0 aliphatic heterocycles. The van der Waals surface area contributed by atoms with E-state index < -0.39 is 12.0 Å². The molecular weight excluding hydrogens is 172 g/mol. The number of hydrogen-bond donors (Lipinski definition) is 3. The van der Waals surface area contributed by atoms with Gasteiger partial charge in [-0.1, -0.05) is 6.92 Å². The van der Waals surface area contributed by atoms with E-state index in [0.717, 1.165) is 0 Å². The summed E-state index contributed by atoms with van der Waals surface area (Å²) in [6.45, 7) is 1.79. The average Bonchev–Trinajstić information content (AvgIpc) is 2.03. The molecular formula is C8H16N2O3. The van der Waals surface area contributed by atoms with Gasteiger partial charge in [-0.3, -0.25) is 9.59 Å². The summed E-state index contributed by atoms with van der Waals surface area (Å²) in [5.41, 5.74) is 10.4. The highest BCUT2D eigenvalue weighted by Gasteiger charge is 2.17. The molecule has 0 aromatic carbocycles. The Labute approximate surface area is 77.1 Å². The van der Waals surface area contributed by atoms with Crippen LogP contribution in [0.2, 0.25) is 0 Å². The molecule has 5 heteroatoms. The fourth-order valence-electron chi connectivity index (χ4n) is 1.09. The summed E-state index contributed by atoms with van der Waals surface area (Å²) in [4.78, 5) is 21.2. The van der Waals surface area contributed by atoms with Crippen molar-refractivity contribution in [3.8, 4) is 0 Å². The molecule has 0 aliphatic rings. The Morgan fingerprint density at radius 2 is 2.00 bits per heavy atom. The zero-order chi connectivity index (χ0) is 10.4. The maximum atomic E-state index is 10.9. The number of Topliss-reactive ketones (excluding diaryl/α,β-unsaturated/α-hetero) is 1. The van der Waals surface area contributed by atoms with Crippen molar-refractivity contribution in [3.05, 3.63) is 0 Å². The molecule has 0 aromatic rings. The second-order valence-corrected chi connectivity index (χ2v) is 3.23. The number of hydrogen-bond acceptors (Lipinski definition) is 4. The molecule has 0 spiro atoms. The lowest BCUT2D eigenvalue weighted by Gasteiger charge is -2.12. The zero-order valence-corrected chi connectivity index (χ0v) is 7.69. The average molecular weight is 188 g/mol. The van der Waals surface area contributed by atoms with Crippen LogP contribution in [0.5, 0.6) is 0 Å². The number of carboxylic acid groups (broad SMARTS) is 1. The molecule has 0 radical (unpaired) electrons. The third-order valence-electron chi connectivity index (χ3n) is 1.78. The van der Waals surface area contributed by atoms with Crippen LogP contribution in [0.1, 0.15) is 19.8 Å². The lowest BCUT2D eigenvalue weighted by atomic mass is 9.97. The van der Waals surface area contributed by atoms with Crippen molar-refractivity contribution in [2.45, 2.75) is 25.8 Å². The minimum atomic E-state index is -1.04. The predicted octanol–water partition coefficient (Wildman–Crippen LogP) is -0.658. The smallest absolute Gasteiger partial charge is 0.320 e. The minimum absolute atomic E-state index is 0.00660. The van der Waals surface area contributed by atoms with E-state index in [2.05, 4.69) is 0 Å². The van der Waals surface area contributed by atoms with Gasteiger partial charge in [0, 0.05) is 6.42 Å². The number of rotatable bonds is 6. The summed E-state index contributed by atoms with van der Waals surface area (Å²) in [5, 5.41) is 8.49. The van der Waals surface area contributed by atoms with E-state index in [0.29, 0.717) is 12.8 Å². The van der Waals surface area contributed by atoms with E-state index in [4.69, 9.17) is 16.6 Å². The fraction of sp³-hybridized carbons (Fsp3) is 0.750. The van der Waals surface area contributed by atoms with E-state index in [-0.39, 0.29) is 18.2 Å². The van der Waals surface area contributed by atoms with Crippen LogP contribution in [0.4, 0.5) is 0 Å². The quantitative estimate of drug-likeness (QED) is 0.513. The summed E-state index contributed by atoms with van der Waals surface area (Å²) in [6, 6.07) is -0.888. The van der Waals surface area contributed by atoms with E-state index in [1.807, 2.05) is 0 Å². The SMILES string of the molecule is CC(CC(=O)CN)C[C@@H](N)C(=O)O. The van der Waals surface area contributed by atoms with E-state index in [1.165, 1.54) is 0 Å². The Balaban J connectivity index is 3.80. The third-order valence-corrected chi connectivity index (χ3v) is 1.78. The van der Waals surface area contributed by atoms with Gasteiger partial charge in [0.15, 0.2) is 0 Å². The van der Waals surface area contributed by atoms with Gasteiger partial charge >= 0.3 is 5.97 Å². The van der Waals surface area contributed by atoms with Gasteiger partial charge < -0.3 is 16.6 Å². The summed E-state index contributed by atoms with van der Waals surface area (Å²) in [5.74, 6) is -1.13. The van der Waals surface area contributed by atoms with Crippen LogP contribution in [-0.4, -0.2) is 29.4 Å². The highest BCUT2D eigenvalue weighted by Crippen LogP contribution is 2.09. The molecule has 0 bridgehead atoms. The lowest BCUT2D eigenvalue weighted by molar-refractivity contribution is -0.139.